The third-order valence-corrected chi connectivity index (χ3v) is 6.97. The standard InChI is InChI=1S/C28H30N2O4/c1-17-16-30(28(32)23-10-9-20(33-2)15-27(23)34-3)12-11-21(17)24-13-19(14-26(31)18-7-8-18)29-25-6-4-5-22(24)25/h4-5,9-11,13,15,17-18H,6-8,12,14,16H2,1-3H3. The lowest BCUT2D eigenvalue weighted by molar-refractivity contribution is -0.119. The van der Waals surface area contributed by atoms with Crippen LogP contribution in [0.3, 0.4) is 0 Å². The number of ether oxygens (including phenoxy) is 2. The number of aromatic nitrogens is 1. The van der Waals surface area contributed by atoms with E-state index in [9.17, 15) is 9.59 Å². The summed E-state index contributed by atoms with van der Waals surface area (Å²) in [6.07, 6.45) is 9.67. The molecule has 0 spiro atoms. The Hall–Kier alpha value is -3.41. The van der Waals surface area contributed by atoms with Gasteiger partial charge < -0.3 is 14.4 Å². The maximum Gasteiger partial charge on any atom is 0.257 e. The van der Waals surface area contributed by atoms with Crippen LogP contribution in [0, 0.1) is 11.8 Å². The highest BCUT2D eigenvalue weighted by molar-refractivity contribution is 5.98. The van der Waals surface area contributed by atoms with Crippen LogP contribution in [0.2, 0.25) is 0 Å². The number of Topliss-reactive ketones (excluding diaryl/α,β-unsaturated/α-hetero) is 1. The molecule has 2 aliphatic carbocycles. The van der Waals surface area contributed by atoms with Crippen LogP contribution < -0.4 is 9.47 Å². The zero-order chi connectivity index (χ0) is 23.8. The number of carbonyl (C=O) groups is 2. The number of hydrogen-bond donors (Lipinski definition) is 0. The monoisotopic (exact) mass is 458 g/mol. The van der Waals surface area contributed by atoms with Crippen LogP contribution in [0.5, 0.6) is 11.5 Å². The van der Waals surface area contributed by atoms with E-state index in [0.717, 1.165) is 41.8 Å². The lowest BCUT2D eigenvalue weighted by atomic mass is 9.87. The van der Waals surface area contributed by atoms with Gasteiger partial charge in [-0.25, -0.2) is 0 Å². The molecule has 1 aliphatic heterocycles. The highest BCUT2D eigenvalue weighted by Gasteiger charge is 2.31. The highest BCUT2D eigenvalue weighted by Crippen LogP contribution is 2.36. The Morgan fingerprint density at radius 2 is 1.97 bits per heavy atom. The van der Waals surface area contributed by atoms with Gasteiger partial charge in [0.2, 0.25) is 0 Å². The maximum atomic E-state index is 13.3. The number of rotatable bonds is 7. The Kier molecular flexibility index (Phi) is 5.98. The highest BCUT2D eigenvalue weighted by atomic mass is 16.5. The van der Waals surface area contributed by atoms with Gasteiger partial charge in [-0.05, 0) is 48.1 Å². The van der Waals surface area contributed by atoms with Crippen molar-refractivity contribution in [2.24, 2.45) is 11.8 Å². The summed E-state index contributed by atoms with van der Waals surface area (Å²) in [6.45, 7) is 3.28. The summed E-state index contributed by atoms with van der Waals surface area (Å²) in [4.78, 5) is 32.4. The molecule has 6 nitrogen and oxygen atoms in total. The van der Waals surface area contributed by atoms with Crippen molar-refractivity contribution < 1.29 is 19.1 Å². The van der Waals surface area contributed by atoms with Crippen molar-refractivity contribution in [3.8, 4) is 11.5 Å². The van der Waals surface area contributed by atoms with Gasteiger partial charge in [0, 0.05) is 49.2 Å². The van der Waals surface area contributed by atoms with Gasteiger partial charge in [0.15, 0.2) is 0 Å². The van der Waals surface area contributed by atoms with E-state index in [1.165, 1.54) is 5.57 Å². The van der Waals surface area contributed by atoms with E-state index in [1.807, 2.05) is 4.90 Å². The predicted molar refractivity (Wildman–Crippen MR) is 131 cm³/mol. The number of benzene rings is 1. The van der Waals surface area contributed by atoms with Gasteiger partial charge in [-0.3, -0.25) is 14.6 Å². The van der Waals surface area contributed by atoms with Crippen molar-refractivity contribution in [3.05, 3.63) is 64.5 Å². The maximum absolute atomic E-state index is 13.3. The number of ketones is 1. The van der Waals surface area contributed by atoms with Gasteiger partial charge >= 0.3 is 0 Å². The van der Waals surface area contributed by atoms with Crippen LogP contribution in [0.15, 0.2) is 36.4 Å². The third kappa shape index (κ3) is 4.25. The molecule has 1 unspecified atom stereocenters. The van der Waals surface area contributed by atoms with Gasteiger partial charge in [-0.15, -0.1) is 0 Å². The Balaban J connectivity index is 1.41. The van der Waals surface area contributed by atoms with E-state index < -0.39 is 0 Å². The Bertz CT molecular complexity index is 1210. The van der Waals surface area contributed by atoms with Crippen LogP contribution in [0.4, 0.5) is 0 Å². The molecule has 0 N–H and O–H groups in total. The number of allylic oxidation sites excluding steroid dienone is 1. The smallest absolute Gasteiger partial charge is 0.257 e. The molecule has 1 amide bonds. The number of nitrogens with zero attached hydrogens (tertiary/aromatic N) is 2. The van der Waals surface area contributed by atoms with E-state index in [2.05, 4.69) is 31.2 Å². The predicted octanol–water partition coefficient (Wildman–Crippen LogP) is 4.37. The SMILES string of the molecule is COc1ccc(C(=O)N2CC=C(c3cc(CC(=O)C4CC4)nc4c3C=CC4)C(C)C2)c(OC)c1. The molecular weight excluding hydrogens is 428 g/mol. The van der Waals surface area contributed by atoms with Gasteiger partial charge in [-0.2, -0.15) is 0 Å². The lowest BCUT2D eigenvalue weighted by Crippen LogP contribution is -2.38. The number of carbonyl (C=O) groups excluding carboxylic acids is 2. The van der Waals surface area contributed by atoms with E-state index in [1.54, 1.807) is 32.4 Å². The minimum Gasteiger partial charge on any atom is -0.497 e. The quantitative estimate of drug-likeness (QED) is 0.617. The molecule has 1 fully saturated rings. The first-order chi connectivity index (χ1) is 16.5. The van der Waals surface area contributed by atoms with Crippen molar-refractivity contribution in [3.63, 3.8) is 0 Å². The zero-order valence-corrected chi connectivity index (χ0v) is 20.0. The minimum absolute atomic E-state index is 0.0581. The van der Waals surface area contributed by atoms with E-state index in [-0.39, 0.29) is 17.7 Å². The second-order valence-corrected chi connectivity index (χ2v) is 9.38. The van der Waals surface area contributed by atoms with Crippen molar-refractivity contribution in [2.45, 2.75) is 32.6 Å². The molecule has 1 aromatic heterocycles. The Morgan fingerprint density at radius 1 is 1.15 bits per heavy atom. The van der Waals surface area contributed by atoms with E-state index >= 15 is 0 Å². The fourth-order valence-corrected chi connectivity index (χ4v) is 4.95. The molecule has 6 heteroatoms. The van der Waals surface area contributed by atoms with Crippen molar-refractivity contribution >= 4 is 23.3 Å². The third-order valence-electron chi connectivity index (χ3n) is 6.97. The molecule has 34 heavy (non-hydrogen) atoms. The van der Waals surface area contributed by atoms with Crippen LogP contribution in [-0.2, 0) is 17.6 Å². The molecule has 3 aliphatic rings. The van der Waals surface area contributed by atoms with Crippen LogP contribution in [0.25, 0.3) is 11.6 Å². The second kappa shape index (κ2) is 9.09. The van der Waals surface area contributed by atoms with Crippen molar-refractivity contribution in [2.75, 3.05) is 27.3 Å². The number of fused-ring (bicyclic) bond motifs is 1. The van der Waals surface area contributed by atoms with Gasteiger partial charge in [0.25, 0.3) is 5.91 Å². The fourth-order valence-electron chi connectivity index (χ4n) is 4.95. The molecule has 0 saturated heterocycles. The first kappa shape index (κ1) is 22.4. The van der Waals surface area contributed by atoms with Crippen LogP contribution in [-0.4, -0.2) is 48.9 Å². The number of methoxy groups -OCH3 is 2. The van der Waals surface area contributed by atoms with E-state index in [0.29, 0.717) is 42.4 Å². The largest absolute Gasteiger partial charge is 0.497 e. The number of pyridine rings is 1. The first-order valence-electron chi connectivity index (χ1n) is 11.9. The minimum atomic E-state index is -0.0581. The summed E-state index contributed by atoms with van der Waals surface area (Å²) in [5, 5.41) is 0. The van der Waals surface area contributed by atoms with E-state index in [4.69, 9.17) is 14.5 Å². The first-order valence-corrected chi connectivity index (χ1v) is 11.9. The molecule has 176 valence electrons. The molecule has 1 saturated carbocycles. The molecule has 1 atom stereocenters. The number of amides is 1. The summed E-state index contributed by atoms with van der Waals surface area (Å²) < 4.78 is 10.7. The Morgan fingerprint density at radius 3 is 2.68 bits per heavy atom. The molecular formula is C28H30N2O4. The Labute approximate surface area is 200 Å². The van der Waals surface area contributed by atoms with Crippen molar-refractivity contribution in [1.82, 2.24) is 9.88 Å². The summed E-state index contributed by atoms with van der Waals surface area (Å²) in [5.74, 6) is 1.79. The zero-order valence-electron chi connectivity index (χ0n) is 20.0. The van der Waals surface area contributed by atoms with Crippen LogP contribution >= 0.6 is 0 Å². The van der Waals surface area contributed by atoms with Crippen LogP contribution in [0.1, 0.15) is 52.6 Å². The molecule has 2 aromatic rings. The summed E-state index contributed by atoms with van der Waals surface area (Å²) >= 11 is 0. The molecule has 1 aromatic carbocycles. The van der Waals surface area contributed by atoms with Gasteiger partial charge in [0.05, 0.1) is 25.5 Å². The lowest BCUT2D eigenvalue weighted by Gasteiger charge is -2.32. The summed E-state index contributed by atoms with van der Waals surface area (Å²) in [7, 11) is 3.15. The summed E-state index contributed by atoms with van der Waals surface area (Å²) in [5.41, 5.74) is 5.96. The topological polar surface area (TPSA) is 68.7 Å². The molecule has 0 radical (unpaired) electrons. The normalized spacial score (nSPS) is 19.0. The second-order valence-electron chi connectivity index (χ2n) is 9.38. The molecule has 0 bridgehead atoms. The average molecular weight is 459 g/mol. The average Bonchev–Trinajstić information content (AvgIpc) is 3.60. The molecule has 5 rings (SSSR count). The fraction of sp³-hybridized carbons (Fsp3) is 0.393. The molecule has 2 heterocycles. The number of hydrogen-bond acceptors (Lipinski definition) is 5. The van der Waals surface area contributed by atoms with Gasteiger partial charge in [0.1, 0.15) is 17.3 Å². The van der Waals surface area contributed by atoms with Gasteiger partial charge in [-0.1, -0.05) is 25.2 Å². The van der Waals surface area contributed by atoms with Crippen molar-refractivity contribution in [1.29, 1.82) is 0 Å². The summed E-state index contributed by atoms with van der Waals surface area (Å²) in [6, 6.07) is 7.37.